The molecule has 10 aromatic rings. The van der Waals surface area contributed by atoms with Crippen molar-refractivity contribution in [3.05, 3.63) is 182 Å². The Labute approximate surface area is 288 Å². The van der Waals surface area contributed by atoms with Crippen molar-refractivity contribution < 1.29 is 8.83 Å². The Morgan fingerprint density at radius 1 is 0.380 bits per heavy atom. The van der Waals surface area contributed by atoms with Gasteiger partial charge in [-0.15, -0.1) is 0 Å². The molecule has 0 amide bonds. The van der Waals surface area contributed by atoms with Crippen LogP contribution >= 0.6 is 0 Å². The molecule has 0 aliphatic heterocycles. The number of furan rings is 2. The summed E-state index contributed by atoms with van der Waals surface area (Å²) in [6.45, 7) is 0. The van der Waals surface area contributed by atoms with Gasteiger partial charge in [0.1, 0.15) is 16.9 Å². The van der Waals surface area contributed by atoms with Gasteiger partial charge in [-0.2, -0.15) is 0 Å². The van der Waals surface area contributed by atoms with Crippen LogP contribution in [0.3, 0.4) is 0 Å². The van der Waals surface area contributed by atoms with Gasteiger partial charge in [0.05, 0.1) is 16.7 Å². The smallest absolute Gasteiger partial charge is 0.205 e. The minimum atomic E-state index is 0.714. The van der Waals surface area contributed by atoms with Crippen LogP contribution in [0.2, 0.25) is 0 Å². The summed E-state index contributed by atoms with van der Waals surface area (Å²) < 4.78 is 15.4. The molecule has 50 heavy (non-hydrogen) atoms. The van der Waals surface area contributed by atoms with Gasteiger partial charge in [-0.1, -0.05) is 109 Å². The summed E-state index contributed by atoms with van der Waals surface area (Å²) in [5, 5.41) is 4.63. The Morgan fingerprint density at radius 2 is 1.00 bits per heavy atom. The number of nitrogens with zero attached hydrogens (tertiary/aromatic N) is 2. The van der Waals surface area contributed by atoms with E-state index in [2.05, 4.69) is 167 Å². The number of benzene rings is 7. The quantitative estimate of drug-likeness (QED) is 0.181. The van der Waals surface area contributed by atoms with E-state index in [4.69, 9.17) is 8.83 Å². The molecule has 0 spiro atoms. The van der Waals surface area contributed by atoms with Gasteiger partial charge in [0.25, 0.3) is 0 Å². The van der Waals surface area contributed by atoms with E-state index in [0.717, 1.165) is 61.4 Å². The lowest BCUT2D eigenvalue weighted by atomic mass is 10.1. The molecule has 7 aromatic carbocycles. The van der Waals surface area contributed by atoms with E-state index in [9.17, 15) is 0 Å². The van der Waals surface area contributed by atoms with Gasteiger partial charge in [-0.3, -0.25) is 4.90 Å². The van der Waals surface area contributed by atoms with Gasteiger partial charge in [-0.05, 0) is 71.8 Å². The van der Waals surface area contributed by atoms with Crippen LogP contribution in [-0.2, 0) is 0 Å². The molecular formula is C46H30N2O2. The maximum atomic E-state index is 6.78. The summed E-state index contributed by atoms with van der Waals surface area (Å²) in [6, 6.07) is 63.5. The Hall–Kier alpha value is -6.78. The molecule has 0 saturated heterocycles. The first-order valence-electron chi connectivity index (χ1n) is 16.8. The van der Waals surface area contributed by atoms with Crippen LogP contribution in [-0.4, -0.2) is 4.57 Å². The Morgan fingerprint density at radius 3 is 1.84 bits per heavy atom. The van der Waals surface area contributed by atoms with Crippen LogP contribution in [0.5, 0.6) is 0 Å². The highest BCUT2D eigenvalue weighted by Crippen LogP contribution is 2.42. The van der Waals surface area contributed by atoms with Gasteiger partial charge < -0.3 is 13.4 Å². The number of fused-ring (bicyclic) bond motifs is 6. The fourth-order valence-corrected chi connectivity index (χ4v) is 7.27. The van der Waals surface area contributed by atoms with Crippen molar-refractivity contribution in [3.63, 3.8) is 0 Å². The van der Waals surface area contributed by atoms with E-state index in [1.165, 1.54) is 21.9 Å². The molecule has 0 aliphatic carbocycles. The summed E-state index contributed by atoms with van der Waals surface area (Å²) in [5.74, 6) is 1.51. The first-order chi connectivity index (χ1) is 24.8. The minimum absolute atomic E-state index is 0.714. The first kappa shape index (κ1) is 28.3. The van der Waals surface area contributed by atoms with Crippen molar-refractivity contribution in [2.24, 2.45) is 0 Å². The Bertz CT molecular complexity index is 2810. The average molecular weight is 643 g/mol. The van der Waals surface area contributed by atoms with Gasteiger partial charge in [0.2, 0.25) is 5.88 Å². The molecule has 10 rings (SSSR count). The molecule has 0 atom stereocenters. The van der Waals surface area contributed by atoms with Crippen LogP contribution in [0.4, 0.5) is 17.3 Å². The van der Waals surface area contributed by atoms with E-state index in [1.54, 1.807) is 0 Å². The van der Waals surface area contributed by atoms with Crippen molar-refractivity contribution in [1.29, 1.82) is 0 Å². The van der Waals surface area contributed by atoms with Gasteiger partial charge in [-0.25, -0.2) is 0 Å². The van der Waals surface area contributed by atoms with Crippen LogP contribution in [0.25, 0.3) is 71.9 Å². The third-order valence-electron chi connectivity index (χ3n) is 9.64. The maximum Gasteiger partial charge on any atom is 0.205 e. The number of hydrogen-bond acceptors (Lipinski definition) is 3. The van der Waals surface area contributed by atoms with Gasteiger partial charge in [0, 0.05) is 50.6 Å². The molecule has 0 saturated carbocycles. The zero-order valence-corrected chi connectivity index (χ0v) is 27.0. The van der Waals surface area contributed by atoms with Crippen molar-refractivity contribution in [3.8, 4) is 28.1 Å². The molecule has 4 nitrogen and oxygen atoms in total. The summed E-state index contributed by atoms with van der Waals surface area (Å²) in [6.07, 6.45) is 0. The number of anilines is 3. The van der Waals surface area contributed by atoms with Crippen molar-refractivity contribution in [2.45, 2.75) is 0 Å². The Kier molecular flexibility index (Phi) is 6.46. The normalized spacial score (nSPS) is 11.6. The highest BCUT2D eigenvalue weighted by Gasteiger charge is 2.20. The zero-order chi connectivity index (χ0) is 33.0. The average Bonchev–Trinajstić information content (AvgIpc) is 3.90. The first-order valence-corrected chi connectivity index (χ1v) is 16.8. The highest BCUT2D eigenvalue weighted by atomic mass is 16.4. The van der Waals surface area contributed by atoms with E-state index in [1.807, 2.05) is 24.3 Å². The summed E-state index contributed by atoms with van der Waals surface area (Å²) in [5.41, 5.74) is 10.4. The maximum absolute atomic E-state index is 6.78. The lowest BCUT2D eigenvalue weighted by Gasteiger charge is -2.23. The minimum Gasteiger partial charge on any atom is -0.456 e. The van der Waals surface area contributed by atoms with E-state index >= 15 is 0 Å². The third-order valence-corrected chi connectivity index (χ3v) is 9.64. The van der Waals surface area contributed by atoms with Crippen molar-refractivity contribution >= 4 is 61.0 Å². The standard InChI is InChI=1S/C46H30N2O2/c1-3-11-31(12-4-1)32-19-22-35(23-20-32)47(36-24-26-40-39-16-8-10-18-44(39)49-45(40)30-36)46-28-27-43(50-46)33-21-25-38-37-15-7-9-17-41(37)48(42(38)29-33)34-13-5-2-6-14-34/h1-30H. The molecule has 3 aromatic heterocycles. The van der Waals surface area contributed by atoms with Gasteiger partial charge in [0.15, 0.2) is 0 Å². The van der Waals surface area contributed by atoms with Crippen LogP contribution in [0.15, 0.2) is 191 Å². The topological polar surface area (TPSA) is 34.5 Å². The molecule has 0 bridgehead atoms. The molecule has 0 aliphatic rings. The molecular weight excluding hydrogens is 613 g/mol. The molecule has 4 heteroatoms. The van der Waals surface area contributed by atoms with Crippen LogP contribution < -0.4 is 4.90 Å². The van der Waals surface area contributed by atoms with E-state index < -0.39 is 0 Å². The summed E-state index contributed by atoms with van der Waals surface area (Å²) in [7, 11) is 0. The molecule has 0 fully saturated rings. The second-order valence-corrected chi connectivity index (χ2v) is 12.6. The van der Waals surface area contributed by atoms with Crippen molar-refractivity contribution in [1.82, 2.24) is 4.57 Å². The predicted octanol–water partition coefficient (Wildman–Crippen LogP) is 13.1. The number of para-hydroxylation sites is 3. The third kappa shape index (κ3) is 4.61. The van der Waals surface area contributed by atoms with Crippen LogP contribution in [0.1, 0.15) is 0 Å². The fourth-order valence-electron chi connectivity index (χ4n) is 7.27. The lowest BCUT2D eigenvalue weighted by Crippen LogP contribution is -2.08. The van der Waals surface area contributed by atoms with E-state index in [-0.39, 0.29) is 0 Å². The number of aromatic nitrogens is 1. The molecule has 0 unspecified atom stereocenters. The Balaban J connectivity index is 1.11. The fraction of sp³-hybridized carbons (Fsp3) is 0. The largest absolute Gasteiger partial charge is 0.456 e. The molecule has 0 N–H and O–H groups in total. The molecule has 0 radical (unpaired) electrons. The zero-order valence-electron chi connectivity index (χ0n) is 27.0. The monoisotopic (exact) mass is 642 g/mol. The van der Waals surface area contributed by atoms with Gasteiger partial charge >= 0.3 is 0 Å². The predicted molar refractivity (Wildman–Crippen MR) is 206 cm³/mol. The number of rotatable bonds is 6. The van der Waals surface area contributed by atoms with Crippen LogP contribution in [0, 0.1) is 0 Å². The second kappa shape index (κ2) is 11.4. The summed E-state index contributed by atoms with van der Waals surface area (Å²) >= 11 is 0. The lowest BCUT2D eigenvalue weighted by molar-refractivity contribution is 0.588. The summed E-state index contributed by atoms with van der Waals surface area (Å²) in [4.78, 5) is 2.16. The second-order valence-electron chi connectivity index (χ2n) is 12.6. The SMILES string of the molecule is c1ccc(-c2ccc(N(c3ccc4c(c3)oc3ccccc34)c3ccc(-c4ccc5c6ccccc6n(-c6ccccc6)c5c4)o3)cc2)cc1. The molecule has 3 heterocycles. The van der Waals surface area contributed by atoms with Crippen molar-refractivity contribution in [2.75, 3.05) is 4.90 Å². The highest BCUT2D eigenvalue weighted by molar-refractivity contribution is 6.10. The van der Waals surface area contributed by atoms with E-state index in [0.29, 0.717) is 5.88 Å². The molecule has 236 valence electrons. The number of hydrogen-bond donors (Lipinski definition) is 0.